The molecule has 0 aliphatic carbocycles. The summed E-state index contributed by atoms with van der Waals surface area (Å²) in [6.07, 6.45) is 0. The monoisotopic (exact) mass is 314 g/mol. The number of fused-ring (bicyclic) bond motifs is 1. The molecule has 2 heterocycles. The number of thiazole rings is 1. The molecule has 0 saturated heterocycles. The second-order valence-electron chi connectivity index (χ2n) is 5.23. The van der Waals surface area contributed by atoms with E-state index in [9.17, 15) is 5.11 Å². The van der Waals surface area contributed by atoms with E-state index in [0.29, 0.717) is 34.1 Å². The van der Waals surface area contributed by atoms with Crippen molar-refractivity contribution in [3.63, 3.8) is 0 Å². The highest BCUT2D eigenvalue weighted by molar-refractivity contribution is 7.14. The standard InChI is InChI=1S/C16H17N3O2S/c1-9(2)17-16-19-14(8-22-16)13-7-15(20)11-5-4-10(21-3)6-12(11)18-13/h4-9H,1-3H3,(H,17,19)(H,18,20)/p-1. The molecule has 0 aliphatic heterocycles. The molecule has 5 nitrogen and oxygen atoms in total. The zero-order valence-corrected chi connectivity index (χ0v) is 13.4. The van der Waals surface area contributed by atoms with Gasteiger partial charge in [0, 0.05) is 17.5 Å². The summed E-state index contributed by atoms with van der Waals surface area (Å²) in [5, 5.41) is 18.8. The number of nitrogens with zero attached hydrogens (tertiary/aromatic N) is 2. The van der Waals surface area contributed by atoms with E-state index < -0.39 is 0 Å². The molecule has 1 N–H and O–H groups in total. The number of benzene rings is 1. The summed E-state index contributed by atoms with van der Waals surface area (Å²) in [4.78, 5) is 9.03. The fourth-order valence-electron chi connectivity index (χ4n) is 2.14. The largest absolute Gasteiger partial charge is 0.872 e. The van der Waals surface area contributed by atoms with Gasteiger partial charge in [0.15, 0.2) is 5.13 Å². The van der Waals surface area contributed by atoms with Crippen molar-refractivity contribution in [2.75, 3.05) is 12.4 Å². The molecule has 0 spiro atoms. The number of methoxy groups -OCH3 is 1. The van der Waals surface area contributed by atoms with Crippen molar-refractivity contribution in [2.24, 2.45) is 0 Å². The molecule has 6 heteroatoms. The second-order valence-corrected chi connectivity index (χ2v) is 6.08. The van der Waals surface area contributed by atoms with Crippen LogP contribution in [0.15, 0.2) is 29.6 Å². The predicted molar refractivity (Wildman–Crippen MR) is 87.6 cm³/mol. The molecule has 3 aromatic rings. The number of hydrogen-bond donors (Lipinski definition) is 1. The van der Waals surface area contributed by atoms with Crippen LogP contribution in [0.5, 0.6) is 11.5 Å². The number of hydrogen-bond acceptors (Lipinski definition) is 6. The number of aromatic nitrogens is 2. The van der Waals surface area contributed by atoms with Crippen molar-refractivity contribution in [3.8, 4) is 22.9 Å². The molecule has 2 aromatic heterocycles. The number of ether oxygens (including phenoxy) is 1. The molecule has 114 valence electrons. The molecule has 0 atom stereocenters. The Morgan fingerprint density at radius 3 is 2.73 bits per heavy atom. The number of rotatable bonds is 4. The van der Waals surface area contributed by atoms with Crippen LogP contribution in [0.2, 0.25) is 0 Å². The van der Waals surface area contributed by atoms with E-state index in [1.165, 1.54) is 17.4 Å². The Morgan fingerprint density at radius 1 is 1.18 bits per heavy atom. The lowest BCUT2D eigenvalue weighted by Crippen LogP contribution is -2.09. The van der Waals surface area contributed by atoms with E-state index in [-0.39, 0.29) is 5.75 Å². The van der Waals surface area contributed by atoms with Gasteiger partial charge < -0.3 is 15.2 Å². The SMILES string of the molecule is COc1ccc2c([O-])cc(-c3csc(NC(C)C)n3)nc2c1. The first-order chi connectivity index (χ1) is 10.6. The smallest absolute Gasteiger partial charge is 0.183 e. The lowest BCUT2D eigenvalue weighted by atomic mass is 10.1. The minimum absolute atomic E-state index is 0.0611. The fourth-order valence-corrected chi connectivity index (χ4v) is 2.99. The molecule has 3 rings (SSSR count). The Morgan fingerprint density at radius 2 is 2.00 bits per heavy atom. The third-order valence-corrected chi connectivity index (χ3v) is 3.93. The maximum Gasteiger partial charge on any atom is 0.183 e. The first-order valence-electron chi connectivity index (χ1n) is 6.95. The Balaban J connectivity index is 2.05. The van der Waals surface area contributed by atoms with E-state index in [4.69, 9.17) is 4.74 Å². The zero-order valence-electron chi connectivity index (χ0n) is 12.6. The van der Waals surface area contributed by atoms with Crippen molar-refractivity contribution in [1.82, 2.24) is 9.97 Å². The maximum atomic E-state index is 12.2. The van der Waals surface area contributed by atoms with Gasteiger partial charge in [-0.15, -0.1) is 11.3 Å². The van der Waals surface area contributed by atoms with Crippen LogP contribution < -0.4 is 15.2 Å². The highest BCUT2D eigenvalue weighted by Gasteiger charge is 2.09. The Hall–Kier alpha value is -2.34. The molecule has 0 unspecified atom stereocenters. The van der Waals surface area contributed by atoms with Crippen LogP contribution >= 0.6 is 11.3 Å². The van der Waals surface area contributed by atoms with E-state index in [1.807, 2.05) is 5.38 Å². The topological polar surface area (TPSA) is 70.1 Å². The van der Waals surface area contributed by atoms with Crippen molar-refractivity contribution in [2.45, 2.75) is 19.9 Å². The van der Waals surface area contributed by atoms with Crippen LogP contribution in [0.25, 0.3) is 22.3 Å². The van der Waals surface area contributed by atoms with E-state index in [0.717, 1.165) is 5.13 Å². The maximum absolute atomic E-state index is 12.2. The third kappa shape index (κ3) is 2.82. The molecule has 0 fully saturated rings. The molecule has 0 radical (unpaired) electrons. The molecule has 1 aromatic carbocycles. The van der Waals surface area contributed by atoms with Crippen molar-refractivity contribution in [3.05, 3.63) is 29.6 Å². The summed E-state index contributed by atoms with van der Waals surface area (Å²) >= 11 is 1.50. The third-order valence-electron chi connectivity index (χ3n) is 3.16. The van der Waals surface area contributed by atoms with Crippen LogP contribution in [0.1, 0.15) is 13.8 Å². The summed E-state index contributed by atoms with van der Waals surface area (Å²) in [5.41, 5.74) is 1.90. The van der Waals surface area contributed by atoms with Crippen molar-refractivity contribution < 1.29 is 9.84 Å². The molecular weight excluding hydrogens is 298 g/mol. The Kier molecular flexibility index (Phi) is 3.85. The van der Waals surface area contributed by atoms with Crippen LogP contribution in [0, 0.1) is 0 Å². The van der Waals surface area contributed by atoms with Crippen LogP contribution in [0.3, 0.4) is 0 Å². The van der Waals surface area contributed by atoms with Gasteiger partial charge in [-0.25, -0.2) is 9.97 Å². The molecule has 0 saturated carbocycles. The highest BCUT2D eigenvalue weighted by atomic mass is 32.1. The quantitative estimate of drug-likeness (QED) is 0.800. The van der Waals surface area contributed by atoms with E-state index in [2.05, 4.69) is 29.1 Å². The zero-order chi connectivity index (χ0) is 15.7. The number of anilines is 1. The number of nitrogens with one attached hydrogen (secondary N) is 1. The average Bonchev–Trinajstić information content (AvgIpc) is 2.94. The number of pyridine rings is 1. The molecule has 22 heavy (non-hydrogen) atoms. The van der Waals surface area contributed by atoms with E-state index >= 15 is 0 Å². The lowest BCUT2D eigenvalue weighted by Gasteiger charge is -2.12. The van der Waals surface area contributed by atoms with Crippen molar-refractivity contribution in [1.29, 1.82) is 0 Å². The lowest BCUT2D eigenvalue weighted by molar-refractivity contribution is -0.265. The van der Waals surface area contributed by atoms with Gasteiger partial charge in [-0.2, -0.15) is 0 Å². The normalized spacial score (nSPS) is 11.1. The van der Waals surface area contributed by atoms with Crippen molar-refractivity contribution >= 4 is 27.4 Å². The summed E-state index contributed by atoms with van der Waals surface area (Å²) in [7, 11) is 1.59. The first kappa shape index (κ1) is 14.6. The minimum Gasteiger partial charge on any atom is -0.872 e. The second kappa shape index (κ2) is 5.81. The van der Waals surface area contributed by atoms with Gasteiger partial charge in [0.2, 0.25) is 0 Å². The van der Waals surface area contributed by atoms with Crippen LogP contribution in [-0.2, 0) is 0 Å². The van der Waals surface area contributed by atoms with Gasteiger partial charge in [-0.1, -0.05) is 5.75 Å². The summed E-state index contributed by atoms with van der Waals surface area (Å²) in [5.74, 6) is 0.617. The Labute approximate surface area is 132 Å². The van der Waals surface area contributed by atoms with E-state index in [1.54, 1.807) is 25.3 Å². The van der Waals surface area contributed by atoms with Crippen LogP contribution in [0.4, 0.5) is 5.13 Å². The van der Waals surface area contributed by atoms with Gasteiger partial charge in [0.1, 0.15) is 11.4 Å². The minimum atomic E-state index is -0.0611. The fraction of sp³-hybridized carbons (Fsp3) is 0.250. The summed E-state index contributed by atoms with van der Waals surface area (Å²) < 4.78 is 5.19. The molecular formula is C16H16N3O2S-. The molecule has 0 bridgehead atoms. The molecule has 0 aliphatic rings. The van der Waals surface area contributed by atoms with Crippen LogP contribution in [-0.4, -0.2) is 23.1 Å². The first-order valence-corrected chi connectivity index (χ1v) is 7.83. The van der Waals surface area contributed by atoms with Gasteiger partial charge in [0.05, 0.1) is 18.3 Å². The predicted octanol–water partition coefficient (Wildman–Crippen LogP) is 3.26. The summed E-state index contributed by atoms with van der Waals surface area (Å²) in [6, 6.07) is 7.10. The van der Waals surface area contributed by atoms with Gasteiger partial charge in [-0.05, 0) is 37.4 Å². The van der Waals surface area contributed by atoms with Gasteiger partial charge in [-0.3, -0.25) is 0 Å². The molecule has 0 amide bonds. The van der Waals surface area contributed by atoms with Gasteiger partial charge >= 0.3 is 0 Å². The Bertz CT molecular complexity index is 814. The summed E-state index contributed by atoms with van der Waals surface area (Å²) in [6.45, 7) is 4.11. The highest BCUT2D eigenvalue weighted by Crippen LogP contribution is 2.31. The van der Waals surface area contributed by atoms with Gasteiger partial charge in [0.25, 0.3) is 0 Å². The average molecular weight is 314 g/mol.